The Balaban J connectivity index is 1.70. The van der Waals surface area contributed by atoms with Gasteiger partial charge in [0.25, 0.3) is 0 Å². The van der Waals surface area contributed by atoms with Crippen molar-refractivity contribution >= 4 is 86.6 Å². The lowest BCUT2D eigenvalue weighted by atomic mass is 10.0. The van der Waals surface area contributed by atoms with Gasteiger partial charge in [0.05, 0.1) is 30.6 Å². The first-order valence-electron chi connectivity index (χ1n) is 11.2. The van der Waals surface area contributed by atoms with E-state index in [2.05, 4.69) is 53.0 Å². The molecule has 8 rings (SSSR count). The Morgan fingerprint density at radius 1 is 0.848 bits per heavy atom. The first-order chi connectivity index (χ1) is 16.1. The van der Waals surface area contributed by atoms with E-state index in [1.807, 2.05) is 48.5 Å². The summed E-state index contributed by atoms with van der Waals surface area (Å²) in [4.78, 5) is 12.4. The topological polar surface area (TPSA) is 33.5 Å². The Morgan fingerprint density at radius 2 is 1.64 bits per heavy atom. The largest absolute Gasteiger partial charge is 0.296 e. The molecular formula is C26H20N4S3. The van der Waals surface area contributed by atoms with E-state index < -0.39 is 0 Å². The molecule has 1 unspecified atom stereocenters. The highest BCUT2D eigenvalue weighted by Crippen LogP contribution is 2.45. The molecule has 6 aromatic heterocycles. The molecule has 33 heavy (non-hydrogen) atoms. The zero-order valence-corrected chi connectivity index (χ0v) is 21.1. The first-order valence-corrected chi connectivity index (χ1v) is 13.7. The van der Waals surface area contributed by atoms with Crippen molar-refractivity contribution in [3.05, 3.63) is 51.9 Å². The standard InChI is InChI=1S/C26H20N4S3/c1-11-7-16-19(31-11)9-15-13-5-6-14-22-21(13)24(26(28-4)29(15)16)33-23(22)18-10-20-17(8-12(2)32-20)30(18)25(14)27-3/h5-6,8-11H,7H2,1-4H3/b27-25-,28-26-. The van der Waals surface area contributed by atoms with Gasteiger partial charge in [-0.05, 0) is 31.2 Å². The van der Waals surface area contributed by atoms with E-state index in [1.54, 1.807) is 0 Å². The molecule has 0 saturated heterocycles. The molecule has 1 aliphatic heterocycles. The van der Waals surface area contributed by atoms with Crippen LogP contribution in [0.15, 0.2) is 45.2 Å². The number of nitrogens with zero attached hydrogens (tertiary/aromatic N) is 4. The summed E-state index contributed by atoms with van der Waals surface area (Å²) in [6.45, 7) is 4.50. The zero-order valence-electron chi connectivity index (χ0n) is 18.7. The fourth-order valence-electron chi connectivity index (χ4n) is 5.96. The molecule has 0 spiro atoms. The van der Waals surface area contributed by atoms with Gasteiger partial charge in [0.15, 0.2) is 5.49 Å². The van der Waals surface area contributed by atoms with E-state index in [9.17, 15) is 0 Å². The number of thiophene rings is 2. The van der Waals surface area contributed by atoms with Gasteiger partial charge in [-0.1, -0.05) is 13.0 Å². The van der Waals surface area contributed by atoms with Crippen molar-refractivity contribution in [2.24, 2.45) is 9.98 Å². The maximum absolute atomic E-state index is 4.87. The van der Waals surface area contributed by atoms with Crippen molar-refractivity contribution in [1.29, 1.82) is 0 Å². The normalized spacial score (nSPS) is 18.1. The summed E-state index contributed by atoms with van der Waals surface area (Å²) in [5.41, 5.74) is 7.38. The van der Waals surface area contributed by atoms with Crippen LogP contribution in [0.5, 0.6) is 0 Å². The van der Waals surface area contributed by atoms with Crippen LogP contribution in [0.1, 0.15) is 17.5 Å². The van der Waals surface area contributed by atoms with Crippen molar-refractivity contribution < 1.29 is 0 Å². The predicted molar refractivity (Wildman–Crippen MR) is 143 cm³/mol. The van der Waals surface area contributed by atoms with E-state index >= 15 is 0 Å². The molecule has 7 aromatic rings. The third-order valence-electron chi connectivity index (χ3n) is 7.15. The van der Waals surface area contributed by atoms with Gasteiger partial charge in [-0.15, -0.1) is 34.4 Å². The first kappa shape index (κ1) is 18.8. The maximum Gasteiger partial charge on any atom is 0.150 e. The third-order valence-corrected chi connectivity index (χ3v) is 10.5. The molecule has 0 radical (unpaired) electrons. The summed E-state index contributed by atoms with van der Waals surface area (Å²) in [7, 11) is 3.86. The number of pyridine rings is 2. The Hall–Kier alpha value is -2.61. The predicted octanol–water partition coefficient (Wildman–Crippen LogP) is 6.21. The van der Waals surface area contributed by atoms with Crippen molar-refractivity contribution in [2.75, 3.05) is 14.1 Å². The lowest BCUT2D eigenvalue weighted by Gasteiger charge is -2.09. The van der Waals surface area contributed by atoms with Gasteiger partial charge >= 0.3 is 0 Å². The molecule has 1 atom stereocenters. The maximum atomic E-state index is 4.87. The molecule has 0 N–H and O–H groups in total. The van der Waals surface area contributed by atoms with Gasteiger partial charge in [0.1, 0.15) is 5.49 Å². The molecule has 4 nitrogen and oxygen atoms in total. The fourth-order valence-corrected chi connectivity index (χ4v) is 9.43. The Kier molecular flexibility index (Phi) is 3.46. The molecular weight excluding hydrogens is 465 g/mol. The summed E-state index contributed by atoms with van der Waals surface area (Å²) in [6.07, 6.45) is 1.10. The number of hydrogen-bond donors (Lipinski definition) is 0. The highest BCUT2D eigenvalue weighted by molar-refractivity contribution is 8.00. The average molecular weight is 485 g/mol. The van der Waals surface area contributed by atoms with Crippen molar-refractivity contribution in [2.45, 2.75) is 30.4 Å². The van der Waals surface area contributed by atoms with Crippen molar-refractivity contribution in [3.63, 3.8) is 0 Å². The van der Waals surface area contributed by atoms with Crippen LogP contribution in [0.2, 0.25) is 0 Å². The lowest BCUT2D eigenvalue weighted by Crippen LogP contribution is -2.17. The lowest BCUT2D eigenvalue weighted by molar-refractivity contribution is 0.875. The monoisotopic (exact) mass is 484 g/mol. The summed E-state index contributed by atoms with van der Waals surface area (Å²) in [5, 5.41) is 5.88. The number of fused-ring (bicyclic) bond motifs is 8. The SMILES string of the molecule is C/N=c1/c2sc3c4c(ccc(c24)c2cc4c(n12)CC(C)S4)/c(=N/C)n1c2cc(C)sc2cc31. The van der Waals surface area contributed by atoms with Gasteiger partial charge in [-0.2, -0.15) is 0 Å². The smallest absolute Gasteiger partial charge is 0.150 e. The zero-order chi connectivity index (χ0) is 22.2. The van der Waals surface area contributed by atoms with Gasteiger partial charge in [0.2, 0.25) is 0 Å². The van der Waals surface area contributed by atoms with E-state index in [1.165, 1.54) is 67.7 Å². The van der Waals surface area contributed by atoms with Crippen LogP contribution >= 0.6 is 34.4 Å². The van der Waals surface area contributed by atoms with Gasteiger partial charge in [-0.3, -0.25) is 18.8 Å². The molecule has 162 valence electrons. The minimum Gasteiger partial charge on any atom is -0.296 e. The average Bonchev–Trinajstić information content (AvgIpc) is 3.57. The number of hydrogen-bond acceptors (Lipinski definition) is 5. The van der Waals surface area contributed by atoms with Gasteiger partial charge in [0, 0.05) is 62.8 Å². The second-order valence-electron chi connectivity index (χ2n) is 9.05. The number of benzene rings is 1. The van der Waals surface area contributed by atoms with E-state index in [4.69, 9.17) is 9.98 Å². The molecule has 0 saturated carbocycles. The molecule has 7 heteroatoms. The molecule has 1 aromatic carbocycles. The molecule has 0 amide bonds. The van der Waals surface area contributed by atoms with Gasteiger partial charge in [-0.25, -0.2) is 0 Å². The number of thioether (sulfide) groups is 1. The summed E-state index contributed by atoms with van der Waals surface area (Å²) < 4.78 is 8.77. The second-order valence-corrected chi connectivity index (χ2v) is 12.8. The highest BCUT2D eigenvalue weighted by atomic mass is 32.2. The third kappa shape index (κ3) is 2.10. The summed E-state index contributed by atoms with van der Waals surface area (Å²) >= 11 is 5.76. The number of rotatable bonds is 0. The molecule has 1 aliphatic rings. The minimum atomic E-state index is 0.624. The molecule has 0 aliphatic carbocycles. The number of aryl methyl sites for hydroxylation is 1. The van der Waals surface area contributed by atoms with Crippen LogP contribution in [-0.2, 0) is 6.42 Å². The molecule has 0 fully saturated rings. The highest BCUT2D eigenvalue weighted by Gasteiger charge is 2.27. The fraction of sp³-hybridized carbons (Fsp3) is 0.231. The minimum absolute atomic E-state index is 0.624. The Bertz CT molecular complexity index is 2080. The van der Waals surface area contributed by atoms with Gasteiger partial charge < -0.3 is 0 Å². The molecule has 0 bridgehead atoms. The Morgan fingerprint density at radius 3 is 2.45 bits per heavy atom. The summed E-state index contributed by atoms with van der Waals surface area (Å²) in [5.74, 6) is 0. The molecule has 7 heterocycles. The van der Waals surface area contributed by atoms with E-state index in [-0.39, 0.29) is 0 Å². The summed E-state index contributed by atoms with van der Waals surface area (Å²) in [6, 6.07) is 11.7. The van der Waals surface area contributed by atoms with E-state index in [0.717, 1.165) is 17.4 Å². The van der Waals surface area contributed by atoms with Crippen LogP contribution < -0.4 is 11.0 Å². The number of aromatic nitrogens is 2. The Labute approximate surface area is 201 Å². The van der Waals surface area contributed by atoms with Crippen LogP contribution in [0.25, 0.3) is 52.2 Å². The van der Waals surface area contributed by atoms with E-state index in [0.29, 0.717) is 5.25 Å². The second kappa shape index (κ2) is 6.09. The van der Waals surface area contributed by atoms with Crippen molar-refractivity contribution in [1.82, 2.24) is 8.80 Å². The van der Waals surface area contributed by atoms with Crippen LogP contribution in [0.3, 0.4) is 0 Å². The van der Waals surface area contributed by atoms with Crippen LogP contribution in [0.4, 0.5) is 0 Å². The van der Waals surface area contributed by atoms with Crippen LogP contribution in [-0.4, -0.2) is 28.1 Å². The quantitative estimate of drug-likeness (QED) is 0.236. The van der Waals surface area contributed by atoms with Crippen molar-refractivity contribution in [3.8, 4) is 0 Å². The van der Waals surface area contributed by atoms with Crippen LogP contribution in [0, 0.1) is 6.92 Å².